The van der Waals surface area contributed by atoms with Gasteiger partial charge in [0.2, 0.25) is 5.82 Å². The molecule has 2 aromatic carbocycles. The van der Waals surface area contributed by atoms with Gasteiger partial charge in [0.15, 0.2) is 0 Å². The van der Waals surface area contributed by atoms with Crippen LogP contribution >= 0.6 is 0 Å². The first-order chi connectivity index (χ1) is 17.4. The summed E-state index contributed by atoms with van der Waals surface area (Å²) in [5.41, 5.74) is 11.4. The van der Waals surface area contributed by atoms with Crippen LogP contribution in [0.3, 0.4) is 0 Å². The van der Waals surface area contributed by atoms with Gasteiger partial charge in [-0.2, -0.15) is 5.10 Å². The number of pyridine rings is 1. The number of hydrogen-bond acceptors (Lipinski definition) is 6. The third-order valence-electron chi connectivity index (χ3n) is 6.32. The number of carbonyl (C=O) groups is 1. The van der Waals surface area contributed by atoms with E-state index in [0.717, 1.165) is 39.6 Å². The van der Waals surface area contributed by atoms with Gasteiger partial charge in [-0.15, -0.1) is 5.10 Å². The molecule has 182 valence electrons. The smallest absolute Gasteiger partial charge is 0.291 e. The fourth-order valence-electron chi connectivity index (χ4n) is 4.25. The van der Waals surface area contributed by atoms with Crippen LogP contribution in [0.25, 0.3) is 10.8 Å². The van der Waals surface area contributed by atoms with Crippen molar-refractivity contribution in [2.75, 3.05) is 5.73 Å². The molecule has 3 aromatic heterocycles. The van der Waals surface area contributed by atoms with Gasteiger partial charge in [-0.1, -0.05) is 36.4 Å². The molecule has 0 fully saturated rings. The van der Waals surface area contributed by atoms with E-state index in [1.807, 2.05) is 56.0 Å². The molecule has 0 bridgehead atoms. The molecule has 0 saturated heterocycles. The summed E-state index contributed by atoms with van der Waals surface area (Å²) in [6.07, 6.45) is 5.57. The molecule has 0 saturated carbocycles. The largest absolute Gasteiger partial charge is 0.383 e. The van der Waals surface area contributed by atoms with Crippen LogP contribution in [-0.4, -0.2) is 35.4 Å². The van der Waals surface area contributed by atoms with Crippen LogP contribution in [0.15, 0.2) is 61.1 Å². The lowest BCUT2D eigenvalue weighted by Crippen LogP contribution is -2.24. The summed E-state index contributed by atoms with van der Waals surface area (Å²) in [6, 6.07) is 14.1. The van der Waals surface area contributed by atoms with E-state index < -0.39 is 0 Å². The average Bonchev–Trinajstić information content (AvgIpc) is 3.45. The Kier molecular flexibility index (Phi) is 6.20. The Hall–Kier alpha value is -4.53. The summed E-state index contributed by atoms with van der Waals surface area (Å²) in [5, 5.41) is 13.7. The van der Waals surface area contributed by atoms with E-state index in [0.29, 0.717) is 24.7 Å². The molecule has 3 N–H and O–H groups in total. The summed E-state index contributed by atoms with van der Waals surface area (Å²) in [7, 11) is 0. The minimum Gasteiger partial charge on any atom is -0.383 e. The Labute approximate surface area is 209 Å². The van der Waals surface area contributed by atoms with Crippen LogP contribution in [-0.2, 0) is 19.6 Å². The van der Waals surface area contributed by atoms with Crippen molar-refractivity contribution in [2.45, 2.75) is 40.4 Å². The van der Waals surface area contributed by atoms with Crippen LogP contribution in [0.2, 0.25) is 0 Å². The van der Waals surface area contributed by atoms with Crippen molar-refractivity contribution in [2.24, 2.45) is 0 Å². The Balaban J connectivity index is 1.23. The van der Waals surface area contributed by atoms with Crippen molar-refractivity contribution in [3.8, 4) is 0 Å². The maximum atomic E-state index is 12.8. The quantitative estimate of drug-likeness (QED) is 0.368. The number of amides is 1. The number of aryl methyl sites for hydroxylation is 3. The zero-order chi connectivity index (χ0) is 25.2. The van der Waals surface area contributed by atoms with Crippen molar-refractivity contribution in [1.82, 2.24) is 34.8 Å². The van der Waals surface area contributed by atoms with Gasteiger partial charge in [0.1, 0.15) is 11.6 Å². The number of rotatable bonds is 7. The van der Waals surface area contributed by atoms with E-state index in [9.17, 15) is 4.79 Å². The zero-order valence-corrected chi connectivity index (χ0v) is 20.6. The second-order valence-corrected chi connectivity index (χ2v) is 9.00. The van der Waals surface area contributed by atoms with E-state index in [1.165, 1.54) is 5.56 Å². The number of nitrogens with zero attached hydrogens (tertiary/aromatic N) is 6. The van der Waals surface area contributed by atoms with Crippen LogP contribution in [0.4, 0.5) is 5.82 Å². The van der Waals surface area contributed by atoms with Gasteiger partial charge in [-0.05, 0) is 60.0 Å². The molecule has 0 aliphatic heterocycles. The number of anilines is 1. The predicted octanol–water partition coefficient (Wildman–Crippen LogP) is 3.56. The minimum atomic E-state index is -0.310. The molecule has 5 rings (SSSR count). The molecule has 0 atom stereocenters. The van der Waals surface area contributed by atoms with E-state index in [1.54, 1.807) is 10.9 Å². The van der Waals surface area contributed by atoms with Crippen molar-refractivity contribution >= 4 is 22.5 Å². The number of carbonyl (C=O) groups excluding carboxylic acids is 1. The first-order valence-corrected chi connectivity index (χ1v) is 11.8. The van der Waals surface area contributed by atoms with E-state index in [2.05, 4.69) is 49.7 Å². The third-order valence-corrected chi connectivity index (χ3v) is 6.32. The molecule has 0 spiro atoms. The molecule has 9 heteroatoms. The lowest BCUT2D eigenvalue weighted by molar-refractivity contribution is 0.0940. The van der Waals surface area contributed by atoms with Gasteiger partial charge in [-0.3, -0.25) is 9.48 Å². The second kappa shape index (κ2) is 9.61. The van der Waals surface area contributed by atoms with Crippen LogP contribution in [0.5, 0.6) is 0 Å². The normalized spacial score (nSPS) is 11.2. The number of aromatic nitrogens is 6. The highest BCUT2D eigenvalue weighted by Crippen LogP contribution is 2.24. The Morgan fingerprint density at radius 2 is 1.72 bits per heavy atom. The number of benzene rings is 2. The van der Waals surface area contributed by atoms with Gasteiger partial charge in [0.25, 0.3) is 5.91 Å². The number of nitrogen functional groups attached to an aromatic ring is 1. The first kappa shape index (κ1) is 23.2. The van der Waals surface area contributed by atoms with Gasteiger partial charge < -0.3 is 11.1 Å². The highest BCUT2D eigenvalue weighted by atomic mass is 16.2. The zero-order valence-electron chi connectivity index (χ0n) is 20.6. The molecule has 0 aliphatic carbocycles. The summed E-state index contributed by atoms with van der Waals surface area (Å²) in [6.45, 7) is 7.52. The number of nitrogens with two attached hydrogens (primary N) is 1. The van der Waals surface area contributed by atoms with Crippen molar-refractivity contribution in [3.05, 3.63) is 101 Å². The highest BCUT2D eigenvalue weighted by Gasteiger charge is 2.15. The SMILES string of the molecule is Cc1cnn(Cc2ccc(Cn3nc(C(=O)NCc4ccc5c(N)nccc5c4C)nc3C)cc2)c1. The van der Waals surface area contributed by atoms with Gasteiger partial charge in [0, 0.05) is 24.3 Å². The Bertz CT molecular complexity index is 1550. The maximum Gasteiger partial charge on any atom is 0.291 e. The molecule has 1 amide bonds. The van der Waals surface area contributed by atoms with Crippen molar-refractivity contribution < 1.29 is 4.79 Å². The molecule has 9 nitrogen and oxygen atoms in total. The third kappa shape index (κ3) is 4.81. The summed E-state index contributed by atoms with van der Waals surface area (Å²) in [5.74, 6) is 1.03. The first-order valence-electron chi connectivity index (χ1n) is 11.8. The molecule has 0 aliphatic rings. The van der Waals surface area contributed by atoms with Crippen molar-refractivity contribution in [1.29, 1.82) is 0 Å². The van der Waals surface area contributed by atoms with Gasteiger partial charge >= 0.3 is 0 Å². The molecule has 3 heterocycles. The van der Waals surface area contributed by atoms with Crippen molar-refractivity contribution in [3.63, 3.8) is 0 Å². The second-order valence-electron chi connectivity index (χ2n) is 9.00. The monoisotopic (exact) mass is 480 g/mol. The molecular formula is C27H28N8O. The highest BCUT2D eigenvalue weighted by molar-refractivity contribution is 5.94. The number of hydrogen-bond donors (Lipinski definition) is 2. The summed E-state index contributed by atoms with van der Waals surface area (Å²) >= 11 is 0. The fraction of sp³-hybridized carbons (Fsp3) is 0.222. The molecule has 5 aromatic rings. The van der Waals surface area contributed by atoms with E-state index in [4.69, 9.17) is 5.73 Å². The minimum absolute atomic E-state index is 0.157. The number of nitrogens with one attached hydrogen (secondary N) is 1. The average molecular weight is 481 g/mol. The predicted molar refractivity (Wildman–Crippen MR) is 138 cm³/mol. The Morgan fingerprint density at radius 1 is 0.972 bits per heavy atom. The van der Waals surface area contributed by atoms with Crippen LogP contribution in [0.1, 0.15) is 44.3 Å². The van der Waals surface area contributed by atoms with E-state index >= 15 is 0 Å². The summed E-state index contributed by atoms with van der Waals surface area (Å²) in [4.78, 5) is 21.3. The van der Waals surface area contributed by atoms with Gasteiger partial charge in [-0.25, -0.2) is 14.6 Å². The summed E-state index contributed by atoms with van der Waals surface area (Å²) < 4.78 is 3.67. The topological polar surface area (TPSA) is 117 Å². The fourth-order valence-corrected chi connectivity index (χ4v) is 4.25. The van der Waals surface area contributed by atoms with E-state index in [-0.39, 0.29) is 11.7 Å². The lowest BCUT2D eigenvalue weighted by Gasteiger charge is -2.11. The maximum absolute atomic E-state index is 12.8. The van der Waals surface area contributed by atoms with Gasteiger partial charge in [0.05, 0.1) is 19.3 Å². The van der Waals surface area contributed by atoms with Crippen LogP contribution in [0, 0.1) is 20.8 Å². The lowest BCUT2D eigenvalue weighted by atomic mass is 10.0. The van der Waals surface area contributed by atoms with Crippen LogP contribution < -0.4 is 11.1 Å². The standard InChI is InChI=1S/C27H28N8O/c1-17-12-31-34(14-17)15-20-4-6-21(7-5-20)16-35-19(3)32-26(33-35)27(36)30-13-22-8-9-24-23(18(22)2)10-11-29-25(24)28/h4-12,14H,13,15-16H2,1-3H3,(H2,28,29)(H,30,36). The molecular weight excluding hydrogens is 452 g/mol. The molecule has 36 heavy (non-hydrogen) atoms. The number of fused-ring (bicyclic) bond motifs is 1. The Morgan fingerprint density at radius 3 is 2.44 bits per heavy atom. The molecule has 0 radical (unpaired) electrons. The molecule has 0 unspecified atom stereocenters.